The Kier molecular flexibility index (Phi) is 12.9. The van der Waals surface area contributed by atoms with Crippen molar-refractivity contribution in [2.45, 2.75) is 109 Å². The highest BCUT2D eigenvalue weighted by atomic mass is 16.5. The van der Waals surface area contributed by atoms with Gasteiger partial charge in [-0.2, -0.15) is 0 Å². The Morgan fingerprint density at radius 2 is 0.816 bits per heavy atom. The van der Waals surface area contributed by atoms with Gasteiger partial charge in [-0.05, 0) is 93.7 Å². The topological polar surface area (TPSA) is 52.6 Å². The molecule has 4 nitrogen and oxygen atoms in total. The quantitative estimate of drug-likeness (QED) is 0.0788. The first-order valence-electron chi connectivity index (χ1n) is 18.6. The number of fused-ring (bicyclic) bond motifs is 3. The SMILES string of the molecule is CCCCCCCCC1(CCCCCCCC)c2cc(-c3ccc(C(=O)OC)cc3)ccc2-c2ccc(-c3ccc(C(=O)OC)cc3)cc21. The van der Waals surface area contributed by atoms with E-state index in [0.29, 0.717) is 11.1 Å². The maximum Gasteiger partial charge on any atom is 0.337 e. The van der Waals surface area contributed by atoms with Gasteiger partial charge in [-0.1, -0.05) is 139 Å². The Hall–Kier alpha value is -4.18. The number of methoxy groups -OCH3 is 2. The molecule has 0 N–H and O–H groups in total. The van der Waals surface area contributed by atoms with E-state index in [1.807, 2.05) is 48.5 Å². The van der Waals surface area contributed by atoms with Crippen LogP contribution < -0.4 is 0 Å². The second-order valence-electron chi connectivity index (χ2n) is 13.8. The van der Waals surface area contributed by atoms with Gasteiger partial charge in [0, 0.05) is 5.41 Å². The number of hydrogen-bond acceptors (Lipinski definition) is 4. The summed E-state index contributed by atoms with van der Waals surface area (Å²) < 4.78 is 9.89. The number of carbonyl (C=O) groups excluding carboxylic acids is 2. The van der Waals surface area contributed by atoms with Crippen LogP contribution in [0.3, 0.4) is 0 Å². The smallest absolute Gasteiger partial charge is 0.337 e. The van der Waals surface area contributed by atoms with E-state index in [1.54, 1.807) is 0 Å². The van der Waals surface area contributed by atoms with Gasteiger partial charge in [0.25, 0.3) is 0 Å². The number of unbranched alkanes of at least 4 members (excludes halogenated alkanes) is 10. The van der Waals surface area contributed by atoms with Gasteiger partial charge in [0.2, 0.25) is 0 Å². The van der Waals surface area contributed by atoms with Crippen molar-refractivity contribution in [3.05, 3.63) is 107 Å². The summed E-state index contributed by atoms with van der Waals surface area (Å²) in [5, 5.41) is 0. The third-order valence-corrected chi connectivity index (χ3v) is 10.6. The fourth-order valence-corrected chi connectivity index (χ4v) is 7.77. The predicted molar refractivity (Wildman–Crippen MR) is 202 cm³/mol. The van der Waals surface area contributed by atoms with E-state index in [9.17, 15) is 9.59 Å². The Morgan fingerprint density at radius 1 is 0.469 bits per heavy atom. The van der Waals surface area contributed by atoms with Crippen molar-refractivity contribution < 1.29 is 19.1 Å². The lowest BCUT2D eigenvalue weighted by molar-refractivity contribution is 0.0592. The Bertz CT molecular complexity index is 1560. The van der Waals surface area contributed by atoms with Crippen molar-refractivity contribution in [3.63, 3.8) is 0 Å². The second kappa shape index (κ2) is 17.5. The molecule has 0 unspecified atom stereocenters. The molecule has 4 aromatic carbocycles. The molecule has 5 rings (SSSR count). The second-order valence-corrected chi connectivity index (χ2v) is 13.8. The van der Waals surface area contributed by atoms with E-state index < -0.39 is 0 Å². The molecule has 0 fully saturated rings. The van der Waals surface area contributed by atoms with E-state index in [-0.39, 0.29) is 17.4 Å². The van der Waals surface area contributed by atoms with E-state index >= 15 is 0 Å². The fraction of sp³-hybridized carbons (Fsp3) is 0.422. The van der Waals surface area contributed by atoms with Gasteiger partial charge in [0.05, 0.1) is 25.3 Å². The van der Waals surface area contributed by atoms with Crippen molar-refractivity contribution in [1.29, 1.82) is 0 Å². The molecule has 0 aliphatic heterocycles. The summed E-state index contributed by atoms with van der Waals surface area (Å²) in [4.78, 5) is 24.3. The van der Waals surface area contributed by atoms with E-state index in [4.69, 9.17) is 9.47 Å². The highest BCUT2D eigenvalue weighted by Gasteiger charge is 2.42. The van der Waals surface area contributed by atoms with Gasteiger partial charge in [0.1, 0.15) is 0 Å². The molecule has 4 heteroatoms. The molecule has 0 amide bonds. The summed E-state index contributed by atoms with van der Waals surface area (Å²) in [6.07, 6.45) is 17.5. The number of rotatable bonds is 18. The molecule has 1 aliphatic rings. The number of carbonyl (C=O) groups is 2. The predicted octanol–water partition coefficient (Wildman–Crippen LogP) is 12.4. The number of hydrogen-bond donors (Lipinski definition) is 0. The maximum atomic E-state index is 12.1. The van der Waals surface area contributed by atoms with Crippen LogP contribution in [0.25, 0.3) is 33.4 Å². The highest BCUT2D eigenvalue weighted by Crippen LogP contribution is 2.55. The van der Waals surface area contributed by atoms with E-state index in [1.165, 1.54) is 125 Å². The fourth-order valence-electron chi connectivity index (χ4n) is 7.77. The molecule has 0 atom stereocenters. The monoisotopic (exact) mass is 658 g/mol. The lowest BCUT2D eigenvalue weighted by Crippen LogP contribution is -2.25. The molecule has 1 aliphatic carbocycles. The van der Waals surface area contributed by atoms with Gasteiger partial charge < -0.3 is 9.47 Å². The summed E-state index contributed by atoms with van der Waals surface area (Å²) in [7, 11) is 2.84. The van der Waals surface area contributed by atoms with Crippen LogP contribution in [0.15, 0.2) is 84.9 Å². The van der Waals surface area contributed by atoms with Crippen LogP contribution in [0.5, 0.6) is 0 Å². The zero-order valence-corrected chi connectivity index (χ0v) is 30.1. The number of ether oxygens (including phenoxy) is 2. The average molecular weight is 659 g/mol. The van der Waals surface area contributed by atoms with Crippen LogP contribution in [-0.4, -0.2) is 26.2 Å². The summed E-state index contributed by atoms with van der Waals surface area (Å²) >= 11 is 0. The Labute approximate surface area is 294 Å². The lowest BCUT2D eigenvalue weighted by atomic mass is 9.70. The van der Waals surface area contributed by atoms with Gasteiger partial charge >= 0.3 is 11.9 Å². The normalized spacial score (nSPS) is 12.7. The van der Waals surface area contributed by atoms with Crippen molar-refractivity contribution in [1.82, 2.24) is 0 Å². The van der Waals surface area contributed by atoms with Crippen molar-refractivity contribution in [2.75, 3.05) is 14.2 Å². The average Bonchev–Trinajstić information content (AvgIpc) is 3.42. The molecule has 0 bridgehead atoms. The molecule has 258 valence electrons. The van der Waals surface area contributed by atoms with Gasteiger partial charge in [0.15, 0.2) is 0 Å². The van der Waals surface area contributed by atoms with Crippen LogP contribution >= 0.6 is 0 Å². The number of esters is 2. The lowest BCUT2D eigenvalue weighted by Gasteiger charge is -2.33. The maximum absolute atomic E-state index is 12.1. The molecular formula is C45H54O4. The molecule has 0 radical (unpaired) electrons. The summed E-state index contributed by atoms with van der Waals surface area (Å²) in [5.74, 6) is -0.632. The van der Waals surface area contributed by atoms with Crippen molar-refractivity contribution in [2.24, 2.45) is 0 Å². The van der Waals surface area contributed by atoms with E-state index in [2.05, 4.69) is 50.2 Å². The first kappa shape index (κ1) is 36.1. The first-order chi connectivity index (χ1) is 23.9. The first-order valence-corrected chi connectivity index (χ1v) is 18.6. The molecule has 0 aromatic heterocycles. The molecule has 0 spiro atoms. The number of benzene rings is 4. The van der Waals surface area contributed by atoms with E-state index in [0.717, 1.165) is 24.0 Å². The summed E-state index contributed by atoms with van der Waals surface area (Å²) in [5.41, 5.74) is 11.2. The van der Waals surface area contributed by atoms with Gasteiger partial charge in [-0.15, -0.1) is 0 Å². The zero-order valence-electron chi connectivity index (χ0n) is 30.1. The molecule has 0 heterocycles. The van der Waals surface area contributed by atoms with Crippen LogP contribution in [0.4, 0.5) is 0 Å². The Morgan fingerprint density at radius 3 is 1.18 bits per heavy atom. The Balaban J connectivity index is 1.57. The summed E-state index contributed by atoms with van der Waals surface area (Å²) in [6.45, 7) is 4.56. The minimum Gasteiger partial charge on any atom is -0.465 e. The molecule has 4 aromatic rings. The molecule has 49 heavy (non-hydrogen) atoms. The minimum atomic E-state index is -0.316. The third-order valence-electron chi connectivity index (χ3n) is 10.6. The van der Waals surface area contributed by atoms with Crippen LogP contribution in [-0.2, 0) is 14.9 Å². The molecular weight excluding hydrogens is 604 g/mol. The van der Waals surface area contributed by atoms with Gasteiger partial charge in [-0.25, -0.2) is 9.59 Å². The van der Waals surface area contributed by atoms with Gasteiger partial charge in [-0.3, -0.25) is 0 Å². The molecule has 0 saturated carbocycles. The minimum absolute atomic E-state index is 0.0793. The molecule has 0 saturated heterocycles. The van der Waals surface area contributed by atoms with Crippen LogP contribution in [0, 0.1) is 0 Å². The van der Waals surface area contributed by atoms with Crippen LogP contribution in [0.2, 0.25) is 0 Å². The third kappa shape index (κ3) is 8.35. The van der Waals surface area contributed by atoms with Crippen LogP contribution in [0.1, 0.15) is 136 Å². The summed E-state index contributed by atoms with van der Waals surface area (Å²) in [6, 6.07) is 29.6. The highest BCUT2D eigenvalue weighted by molar-refractivity contribution is 5.91. The van der Waals surface area contributed by atoms with Crippen molar-refractivity contribution in [3.8, 4) is 33.4 Å². The zero-order chi connectivity index (χ0) is 34.6. The van der Waals surface area contributed by atoms with Crippen molar-refractivity contribution >= 4 is 11.9 Å². The standard InChI is InChI=1S/C45H54O4/c1-5-7-9-11-13-15-29-45(30-16-14-12-10-8-6-2)41-31-37(33-17-21-35(22-18-33)43(46)48-3)25-27-39(41)40-28-26-38(32-42(40)45)34-19-23-36(24-20-34)44(47)49-4/h17-28,31-32H,5-16,29-30H2,1-4H3. The largest absolute Gasteiger partial charge is 0.465 e.